The highest BCUT2D eigenvalue weighted by Gasteiger charge is 2.14. The van der Waals surface area contributed by atoms with E-state index in [-0.39, 0.29) is 0 Å². The summed E-state index contributed by atoms with van der Waals surface area (Å²) in [5, 5.41) is 5.34. The van der Waals surface area contributed by atoms with Crippen LogP contribution >= 0.6 is 11.6 Å². The minimum absolute atomic E-state index is 0.704. The SMILES string of the molecule is Clc1ccc2c(NCCC3CCOC3)ccnc2c1. The average Bonchev–Trinajstić information content (AvgIpc) is 2.92. The molecule has 0 spiro atoms. The van der Waals surface area contributed by atoms with E-state index in [2.05, 4.69) is 10.3 Å². The largest absolute Gasteiger partial charge is 0.384 e. The zero-order valence-electron chi connectivity index (χ0n) is 10.7. The number of pyridine rings is 1. The number of anilines is 1. The van der Waals surface area contributed by atoms with Gasteiger partial charge in [-0.25, -0.2) is 0 Å². The summed E-state index contributed by atoms with van der Waals surface area (Å²) in [7, 11) is 0. The van der Waals surface area contributed by atoms with Gasteiger partial charge in [0.2, 0.25) is 0 Å². The molecule has 1 aromatic heterocycles. The molecule has 0 aliphatic carbocycles. The summed E-state index contributed by atoms with van der Waals surface area (Å²) in [5.41, 5.74) is 2.06. The van der Waals surface area contributed by atoms with Gasteiger partial charge in [0.15, 0.2) is 0 Å². The fraction of sp³-hybridized carbons (Fsp3) is 0.400. The monoisotopic (exact) mass is 276 g/mol. The predicted molar refractivity (Wildman–Crippen MR) is 78.8 cm³/mol. The summed E-state index contributed by atoms with van der Waals surface area (Å²) in [6.07, 6.45) is 4.16. The number of nitrogens with one attached hydrogen (secondary N) is 1. The Morgan fingerprint density at radius 3 is 3.16 bits per heavy atom. The second-order valence-corrected chi connectivity index (χ2v) is 5.40. The van der Waals surface area contributed by atoms with Crippen LogP contribution in [-0.4, -0.2) is 24.7 Å². The number of benzene rings is 1. The van der Waals surface area contributed by atoms with Gasteiger partial charge < -0.3 is 10.1 Å². The van der Waals surface area contributed by atoms with E-state index in [1.807, 2.05) is 30.5 Å². The van der Waals surface area contributed by atoms with Gasteiger partial charge in [-0.1, -0.05) is 11.6 Å². The Kier molecular flexibility index (Phi) is 3.85. The Hall–Kier alpha value is -1.32. The third kappa shape index (κ3) is 2.99. The fourth-order valence-electron chi connectivity index (χ4n) is 2.50. The highest BCUT2D eigenvalue weighted by Crippen LogP contribution is 2.25. The molecule has 0 bridgehead atoms. The van der Waals surface area contributed by atoms with Crippen LogP contribution in [0.15, 0.2) is 30.5 Å². The first-order valence-corrected chi connectivity index (χ1v) is 7.06. The first-order chi connectivity index (χ1) is 9.33. The lowest BCUT2D eigenvalue weighted by molar-refractivity contribution is 0.185. The summed E-state index contributed by atoms with van der Waals surface area (Å²) >= 11 is 5.99. The number of aromatic nitrogens is 1. The van der Waals surface area contributed by atoms with Crippen molar-refractivity contribution in [1.29, 1.82) is 0 Å². The normalized spacial score (nSPS) is 18.9. The summed E-state index contributed by atoms with van der Waals surface area (Å²) in [5.74, 6) is 0.704. The molecule has 4 heteroatoms. The molecule has 0 radical (unpaired) electrons. The summed E-state index contributed by atoms with van der Waals surface area (Å²) < 4.78 is 5.39. The molecule has 3 rings (SSSR count). The summed E-state index contributed by atoms with van der Waals surface area (Å²) in [6, 6.07) is 7.83. The lowest BCUT2D eigenvalue weighted by Crippen LogP contribution is -2.09. The van der Waals surface area contributed by atoms with Crippen LogP contribution in [0, 0.1) is 5.92 Å². The molecule has 1 atom stereocenters. The van der Waals surface area contributed by atoms with Crippen molar-refractivity contribution in [2.75, 3.05) is 25.1 Å². The molecule has 0 amide bonds. The number of rotatable bonds is 4. The van der Waals surface area contributed by atoms with Gasteiger partial charge in [0.1, 0.15) is 0 Å². The number of nitrogens with zero attached hydrogens (tertiary/aromatic N) is 1. The molecule has 2 aromatic rings. The van der Waals surface area contributed by atoms with Crippen LogP contribution in [0.4, 0.5) is 5.69 Å². The highest BCUT2D eigenvalue weighted by atomic mass is 35.5. The maximum absolute atomic E-state index is 5.99. The zero-order valence-corrected chi connectivity index (χ0v) is 11.5. The Labute approximate surface area is 117 Å². The molecule has 100 valence electrons. The van der Waals surface area contributed by atoms with E-state index in [0.717, 1.165) is 47.8 Å². The van der Waals surface area contributed by atoms with Gasteiger partial charge in [0.05, 0.1) is 5.52 Å². The number of halogens is 1. The van der Waals surface area contributed by atoms with Gasteiger partial charge in [-0.3, -0.25) is 4.98 Å². The molecular weight excluding hydrogens is 260 g/mol. The molecular formula is C15H17ClN2O. The zero-order chi connectivity index (χ0) is 13.1. The van der Waals surface area contributed by atoms with Crippen LogP contribution in [0.1, 0.15) is 12.8 Å². The van der Waals surface area contributed by atoms with Crippen LogP contribution in [0.2, 0.25) is 5.02 Å². The Morgan fingerprint density at radius 2 is 2.32 bits per heavy atom. The van der Waals surface area contributed by atoms with Gasteiger partial charge >= 0.3 is 0 Å². The predicted octanol–water partition coefficient (Wildman–Crippen LogP) is 3.73. The third-order valence-corrected chi connectivity index (χ3v) is 3.83. The Balaban J connectivity index is 1.70. The van der Waals surface area contributed by atoms with Gasteiger partial charge in [-0.05, 0) is 43.0 Å². The molecule has 3 nitrogen and oxygen atoms in total. The van der Waals surface area contributed by atoms with Crippen molar-refractivity contribution in [1.82, 2.24) is 4.98 Å². The van der Waals surface area contributed by atoms with Crippen molar-refractivity contribution in [3.63, 3.8) is 0 Å². The summed E-state index contributed by atoms with van der Waals surface area (Å²) in [4.78, 5) is 4.34. The average molecular weight is 277 g/mol. The molecule has 2 heterocycles. The molecule has 0 saturated carbocycles. The topological polar surface area (TPSA) is 34.1 Å². The van der Waals surface area contributed by atoms with Gasteiger partial charge in [0, 0.05) is 42.1 Å². The van der Waals surface area contributed by atoms with Crippen molar-refractivity contribution in [2.24, 2.45) is 5.92 Å². The second-order valence-electron chi connectivity index (χ2n) is 4.97. The van der Waals surface area contributed by atoms with Crippen LogP contribution in [-0.2, 0) is 4.74 Å². The van der Waals surface area contributed by atoms with E-state index in [1.54, 1.807) is 0 Å². The lowest BCUT2D eigenvalue weighted by Gasteiger charge is -2.11. The van der Waals surface area contributed by atoms with E-state index in [1.165, 1.54) is 6.42 Å². The van der Waals surface area contributed by atoms with Crippen LogP contribution in [0.25, 0.3) is 10.9 Å². The number of ether oxygens (including phenoxy) is 1. The molecule has 1 aliphatic rings. The Bertz CT molecular complexity index is 567. The van der Waals surface area contributed by atoms with Crippen molar-refractivity contribution >= 4 is 28.2 Å². The standard InChI is InChI=1S/C15H17ClN2O/c16-12-1-2-13-14(4-7-18-15(13)9-12)17-6-3-11-5-8-19-10-11/h1-2,4,7,9,11H,3,5-6,8,10H2,(H,17,18). The van der Waals surface area contributed by atoms with E-state index in [9.17, 15) is 0 Å². The van der Waals surface area contributed by atoms with E-state index >= 15 is 0 Å². The minimum atomic E-state index is 0.704. The quantitative estimate of drug-likeness (QED) is 0.924. The van der Waals surface area contributed by atoms with Gasteiger partial charge in [0.25, 0.3) is 0 Å². The molecule has 1 saturated heterocycles. The smallest absolute Gasteiger partial charge is 0.0737 e. The third-order valence-electron chi connectivity index (χ3n) is 3.60. The van der Waals surface area contributed by atoms with Crippen molar-refractivity contribution in [3.8, 4) is 0 Å². The van der Waals surface area contributed by atoms with Crippen molar-refractivity contribution < 1.29 is 4.74 Å². The van der Waals surface area contributed by atoms with Gasteiger partial charge in [-0.15, -0.1) is 0 Å². The maximum Gasteiger partial charge on any atom is 0.0737 e. The van der Waals surface area contributed by atoms with Crippen LogP contribution in [0.5, 0.6) is 0 Å². The fourth-order valence-corrected chi connectivity index (χ4v) is 2.66. The maximum atomic E-state index is 5.99. The number of fused-ring (bicyclic) bond motifs is 1. The summed E-state index contributed by atoms with van der Waals surface area (Å²) in [6.45, 7) is 2.80. The second kappa shape index (κ2) is 5.76. The molecule has 1 aromatic carbocycles. The van der Waals surface area contributed by atoms with Crippen molar-refractivity contribution in [2.45, 2.75) is 12.8 Å². The number of hydrogen-bond donors (Lipinski definition) is 1. The molecule has 1 unspecified atom stereocenters. The highest BCUT2D eigenvalue weighted by molar-refractivity contribution is 6.31. The first kappa shape index (κ1) is 12.7. The molecule has 1 aliphatic heterocycles. The van der Waals surface area contributed by atoms with E-state index in [4.69, 9.17) is 16.3 Å². The number of hydrogen-bond acceptors (Lipinski definition) is 3. The first-order valence-electron chi connectivity index (χ1n) is 6.69. The Morgan fingerprint density at radius 1 is 1.37 bits per heavy atom. The molecule has 19 heavy (non-hydrogen) atoms. The van der Waals surface area contributed by atoms with Crippen LogP contribution < -0.4 is 5.32 Å². The molecule has 1 fully saturated rings. The lowest BCUT2D eigenvalue weighted by atomic mass is 10.1. The molecule has 1 N–H and O–H groups in total. The minimum Gasteiger partial charge on any atom is -0.384 e. The van der Waals surface area contributed by atoms with Gasteiger partial charge in [-0.2, -0.15) is 0 Å². The van der Waals surface area contributed by atoms with Crippen molar-refractivity contribution in [3.05, 3.63) is 35.5 Å². The van der Waals surface area contributed by atoms with E-state index in [0.29, 0.717) is 5.92 Å². The van der Waals surface area contributed by atoms with E-state index < -0.39 is 0 Å². The van der Waals surface area contributed by atoms with Crippen LogP contribution in [0.3, 0.4) is 0 Å².